The van der Waals surface area contributed by atoms with Crippen LogP contribution in [0.15, 0.2) is 47.4 Å². The van der Waals surface area contributed by atoms with Crippen LogP contribution in [0, 0.1) is 0 Å². The zero-order valence-electron chi connectivity index (χ0n) is 18.4. The lowest BCUT2D eigenvalue weighted by Crippen LogP contribution is -2.40. The molecule has 1 saturated carbocycles. The first-order valence-electron chi connectivity index (χ1n) is 11.4. The molecule has 0 aromatic heterocycles. The van der Waals surface area contributed by atoms with Gasteiger partial charge in [-0.05, 0) is 49.1 Å². The number of fused-ring (bicyclic) bond motifs is 1. The molecule has 3 aliphatic rings. The average Bonchev–Trinajstić information content (AvgIpc) is 3.44. The highest BCUT2D eigenvalue weighted by Crippen LogP contribution is 2.47. The Morgan fingerprint density at radius 3 is 2.39 bits per heavy atom. The Morgan fingerprint density at radius 2 is 1.67 bits per heavy atom. The van der Waals surface area contributed by atoms with E-state index in [2.05, 4.69) is 5.32 Å². The average molecular weight is 473 g/mol. The standard InChI is InChI=1S/C24H28N2O6S/c27-23(25-19-6-9-21-22(17-19)32-24(31-21)11-1-2-12-24)10-5-18-3-7-20(8-4-18)33(28,29)26-13-15-30-16-14-26/h3-4,6-9,17H,1-2,5,10-16H2,(H,25,27). The van der Waals surface area contributed by atoms with Gasteiger partial charge in [0.1, 0.15) is 0 Å². The zero-order valence-corrected chi connectivity index (χ0v) is 19.2. The van der Waals surface area contributed by atoms with E-state index in [0.29, 0.717) is 44.2 Å². The van der Waals surface area contributed by atoms with Crippen LogP contribution in [0.2, 0.25) is 0 Å². The van der Waals surface area contributed by atoms with Gasteiger partial charge >= 0.3 is 0 Å². The Hall–Kier alpha value is -2.62. The Bertz CT molecular complexity index is 1120. The summed E-state index contributed by atoms with van der Waals surface area (Å²) < 4.78 is 44.2. The van der Waals surface area contributed by atoms with E-state index in [9.17, 15) is 13.2 Å². The van der Waals surface area contributed by atoms with Crippen molar-refractivity contribution in [1.82, 2.24) is 4.31 Å². The van der Waals surface area contributed by atoms with Gasteiger partial charge in [-0.1, -0.05) is 12.1 Å². The van der Waals surface area contributed by atoms with Gasteiger partial charge in [0.15, 0.2) is 11.5 Å². The Balaban J connectivity index is 1.15. The lowest BCUT2D eigenvalue weighted by Gasteiger charge is -2.26. The molecule has 1 aliphatic carbocycles. The number of nitrogens with one attached hydrogen (secondary N) is 1. The van der Waals surface area contributed by atoms with Gasteiger partial charge in [-0.25, -0.2) is 8.42 Å². The van der Waals surface area contributed by atoms with Crippen LogP contribution in [0.3, 0.4) is 0 Å². The minimum Gasteiger partial charge on any atom is -0.448 e. The van der Waals surface area contributed by atoms with Crippen LogP contribution in [0.1, 0.15) is 37.7 Å². The number of carbonyl (C=O) groups is 1. The third-order valence-electron chi connectivity index (χ3n) is 6.36. The summed E-state index contributed by atoms with van der Waals surface area (Å²) in [6, 6.07) is 12.2. The molecule has 0 bridgehead atoms. The fourth-order valence-electron chi connectivity index (χ4n) is 4.53. The molecular formula is C24H28N2O6S. The quantitative estimate of drug-likeness (QED) is 0.693. The fourth-order valence-corrected chi connectivity index (χ4v) is 5.94. The zero-order chi connectivity index (χ0) is 22.9. The fraction of sp³-hybridized carbons (Fsp3) is 0.458. The van der Waals surface area contributed by atoms with Crippen molar-refractivity contribution in [1.29, 1.82) is 0 Å². The van der Waals surface area contributed by atoms with E-state index in [1.807, 2.05) is 18.2 Å². The Labute approximate surface area is 193 Å². The van der Waals surface area contributed by atoms with Gasteiger partial charge in [0.2, 0.25) is 15.9 Å². The summed E-state index contributed by atoms with van der Waals surface area (Å²) in [7, 11) is -3.51. The number of ether oxygens (including phenoxy) is 3. The first-order chi connectivity index (χ1) is 15.9. The van der Waals surface area contributed by atoms with Crippen molar-refractivity contribution in [3.8, 4) is 11.5 Å². The predicted molar refractivity (Wildman–Crippen MR) is 122 cm³/mol. The van der Waals surface area contributed by atoms with E-state index in [-0.39, 0.29) is 17.2 Å². The van der Waals surface area contributed by atoms with Gasteiger partial charge in [0.25, 0.3) is 5.79 Å². The second kappa shape index (κ2) is 8.96. The van der Waals surface area contributed by atoms with Gasteiger partial charge in [-0.2, -0.15) is 4.31 Å². The third-order valence-corrected chi connectivity index (χ3v) is 8.27. The van der Waals surface area contributed by atoms with Gasteiger partial charge in [-0.15, -0.1) is 0 Å². The molecule has 0 atom stereocenters. The van der Waals surface area contributed by atoms with Gasteiger partial charge in [0, 0.05) is 44.1 Å². The molecule has 33 heavy (non-hydrogen) atoms. The van der Waals surface area contributed by atoms with Gasteiger partial charge in [0.05, 0.1) is 18.1 Å². The predicted octanol–water partition coefficient (Wildman–Crippen LogP) is 3.32. The second-order valence-corrected chi connectivity index (χ2v) is 10.6. The van der Waals surface area contributed by atoms with Crippen molar-refractivity contribution in [2.45, 2.75) is 49.2 Å². The summed E-state index contributed by atoms with van der Waals surface area (Å²) in [6.45, 7) is 1.56. The summed E-state index contributed by atoms with van der Waals surface area (Å²) in [5, 5.41) is 2.91. The summed E-state index contributed by atoms with van der Waals surface area (Å²) in [6.07, 6.45) is 4.76. The topological polar surface area (TPSA) is 94.2 Å². The maximum absolute atomic E-state index is 12.7. The molecule has 176 valence electrons. The lowest BCUT2D eigenvalue weighted by atomic mass is 10.1. The van der Waals surface area contributed by atoms with Gasteiger partial charge in [-0.3, -0.25) is 4.79 Å². The maximum atomic E-state index is 12.7. The summed E-state index contributed by atoms with van der Waals surface area (Å²) in [4.78, 5) is 12.7. The number of morpholine rings is 1. The minimum absolute atomic E-state index is 0.116. The molecule has 1 N–H and O–H groups in total. The number of aryl methyl sites for hydroxylation is 1. The van der Waals surface area contributed by atoms with E-state index >= 15 is 0 Å². The van der Waals surface area contributed by atoms with Crippen molar-refractivity contribution < 1.29 is 27.4 Å². The summed E-state index contributed by atoms with van der Waals surface area (Å²) >= 11 is 0. The molecular weight excluding hydrogens is 444 g/mol. The highest BCUT2D eigenvalue weighted by atomic mass is 32.2. The van der Waals surface area contributed by atoms with E-state index in [4.69, 9.17) is 14.2 Å². The molecule has 2 aliphatic heterocycles. The first-order valence-corrected chi connectivity index (χ1v) is 12.9. The Kier molecular flexibility index (Phi) is 6.03. The van der Waals surface area contributed by atoms with Crippen molar-refractivity contribution in [2.75, 3.05) is 31.6 Å². The monoisotopic (exact) mass is 472 g/mol. The molecule has 5 rings (SSSR count). The van der Waals surface area contributed by atoms with Crippen molar-refractivity contribution in [2.24, 2.45) is 0 Å². The summed E-state index contributed by atoms with van der Waals surface area (Å²) in [5.74, 6) is 0.759. The molecule has 8 nitrogen and oxygen atoms in total. The lowest BCUT2D eigenvalue weighted by molar-refractivity contribution is -0.116. The smallest absolute Gasteiger partial charge is 0.251 e. The van der Waals surface area contributed by atoms with Gasteiger partial charge < -0.3 is 19.5 Å². The molecule has 2 aromatic carbocycles. The third kappa shape index (κ3) is 4.71. The SMILES string of the molecule is O=C(CCc1ccc(S(=O)(=O)N2CCOCC2)cc1)Nc1ccc2c(c1)OC1(CCCC1)O2. The molecule has 0 radical (unpaired) electrons. The molecule has 0 unspecified atom stereocenters. The molecule has 2 heterocycles. The van der Waals surface area contributed by atoms with E-state index in [0.717, 1.165) is 37.0 Å². The largest absolute Gasteiger partial charge is 0.448 e. The number of sulfonamides is 1. The molecule has 1 saturated heterocycles. The normalized spacial score (nSPS) is 19.6. The summed E-state index contributed by atoms with van der Waals surface area (Å²) in [5.41, 5.74) is 1.57. The van der Waals surface area contributed by atoms with Crippen LogP contribution < -0.4 is 14.8 Å². The van der Waals surface area contributed by atoms with Crippen LogP contribution in [-0.2, 0) is 26.0 Å². The number of carbonyl (C=O) groups excluding carboxylic acids is 1. The van der Waals surface area contributed by atoms with Crippen LogP contribution in [0.5, 0.6) is 11.5 Å². The van der Waals surface area contributed by atoms with E-state index in [1.54, 1.807) is 24.3 Å². The number of anilines is 1. The number of amides is 1. The number of hydrogen-bond donors (Lipinski definition) is 1. The van der Waals surface area contributed by atoms with Crippen molar-refractivity contribution >= 4 is 21.6 Å². The number of rotatable bonds is 6. The van der Waals surface area contributed by atoms with Crippen LogP contribution >= 0.6 is 0 Å². The number of nitrogens with zero attached hydrogens (tertiary/aromatic N) is 1. The molecule has 1 amide bonds. The van der Waals surface area contributed by atoms with Crippen molar-refractivity contribution in [3.05, 3.63) is 48.0 Å². The Morgan fingerprint density at radius 1 is 0.970 bits per heavy atom. The van der Waals surface area contributed by atoms with Crippen LogP contribution in [0.4, 0.5) is 5.69 Å². The van der Waals surface area contributed by atoms with Crippen molar-refractivity contribution in [3.63, 3.8) is 0 Å². The molecule has 2 aromatic rings. The minimum atomic E-state index is -3.51. The number of hydrogen-bond acceptors (Lipinski definition) is 6. The molecule has 9 heteroatoms. The molecule has 1 spiro atoms. The van der Waals surface area contributed by atoms with Crippen LogP contribution in [0.25, 0.3) is 0 Å². The van der Waals surface area contributed by atoms with Crippen LogP contribution in [-0.4, -0.2) is 50.7 Å². The second-order valence-electron chi connectivity index (χ2n) is 8.69. The van der Waals surface area contributed by atoms with E-state index < -0.39 is 15.8 Å². The molecule has 2 fully saturated rings. The first kappa shape index (κ1) is 22.2. The van der Waals surface area contributed by atoms with E-state index in [1.165, 1.54) is 4.31 Å². The highest BCUT2D eigenvalue weighted by molar-refractivity contribution is 7.89. The number of benzene rings is 2. The highest BCUT2D eigenvalue weighted by Gasteiger charge is 2.44. The maximum Gasteiger partial charge on any atom is 0.251 e.